The van der Waals surface area contributed by atoms with Crippen molar-refractivity contribution < 1.29 is 4.74 Å². The highest BCUT2D eigenvalue weighted by molar-refractivity contribution is 7.99. The number of nitrogen functional groups attached to an aromatic ring is 1. The Morgan fingerprint density at radius 2 is 1.72 bits per heavy atom. The molecule has 0 radical (unpaired) electrons. The summed E-state index contributed by atoms with van der Waals surface area (Å²) in [5, 5.41) is 19.8. The maximum absolute atomic E-state index is 9.73. The Hall–Kier alpha value is -3.74. The van der Waals surface area contributed by atoms with E-state index in [1.54, 1.807) is 6.08 Å². The van der Waals surface area contributed by atoms with Gasteiger partial charge in [0, 0.05) is 11.3 Å². The molecule has 0 unspecified atom stereocenters. The second kappa shape index (κ2) is 9.45. The first kappa shape index (κ1) is 20.0. The van der Waals surface area contributed by atoms with Gasteiger partial charge in [-0.2, -0.15) is 10.5 Å². The van der Waals surface area contributed by atoms with E-state index in [0.29, 0.717) is 39.8 Å². The summed E-state index contributed by atoms with van der Waals surface area (Å²) in [6.07, 6.45) is 1.72. The number of pyridine rings is 1. The van der Waals surface area contributed by atoms with Crippen molar-refractivity contribution in [1.29, 1.82) is 10.5 Å². The minimum atomic E-state index is 0.109. The standard InChI is InChI=1S/C23H18N4OS/c1-2-12-29-23-20(14-25)21(19(13-24)22(26)27-23)17-8-10-18(11-9-17)28-15-16-6-4-3-5-7-16/h2-11H,1,12,15H2,(H2,26,27). The molecule has 0 aliphatic heterocycles. The summed E-state index contributed by atoms with van der Waals surface area (Å²) in [4.78, 5) is 4.24. The van der Waals surface area contributed by atoms with Crippen LogP contribution < -0.4 is 10.5 Å². The highest BCUT2D eigenvalue weighted by Crippen LogP contribution is 2.36. The second-order valence-electron chi connectivity index (χ2n) is 6.05. The molecule has 5 nitrogen and oxygen atoms in total. The van der Waals surface area contributed by atoms with Gasteiger partial charge in [-0.3, -0.25) is 0 Å². The lowest BCUT2D eigenvalue weighted by Crippen LogP contribution is -2.03. The lowest BCUT2D eigenvalue weighted by atomic mass is 9.97. The second-order valence-corrected chi connectivity index (χ2v) is 7.06. The van der Waals surface area contributed by atoms with Crippen LogP contribution >= 0.6 is 11.8 Å². The molecule has 6 heteroatoms. The minimum absolute atomic E-state index is 0.109. The van der Waals surface area contributed by atoms with Crippen molar-refractivity contribution in [2.24, 2.45) is 0 Å². The molecule has 3 rings (SSSR count). The number of ether oxygens (including phenoxy) is 1. The zero-order valence-corrected chi connectivity index (χ0v) is 16.4. The molecule has 29 heavy (non-hydrogen) atoms. The number of thioether (sulfide) groups is 1. The fraction of sp³-hybridized carbons (Fsp3) is 0.0870. The summed E-state index contributed by atoms with van der Waals surface area (Å²) in [5.41, 5.74) is 8.80. The Kier molecular flexibility index (Phi) is 6.52. The van der Waals surface area contributed by atoms with Gasteiger partial charge in [-0.05, 0) is 23.3 Å². The Morgan fingerprint density at radius 3 is 2.34 bits per heavy atom. The van der Waals surface area contributed by atoms with Crippen LogP contribution in [0.1, 0.15) is 16.7 Å². The van der Waals surface area contributed by atoms with Gasteiger partial charge in [-0.1, -0.05) is 48.5 Å². The molecule has 2 N–H and O–H groups in total. The molecule has 0 atom stereocenters. The summed E-state index contributed by atoms with van der Waals surface area (Å²) >= 11 is 1.36. The van der Waals surface area contributed by atoms with Crippen molar-refractivity contribution in [2.45, 2.75) is 11.6 Å². The molecule has 1 aromatic heterocycles. The first-order chi connectivity index (χ1) is 14.2. The van der Waals surface area contributed by atoms with E-state index >= 15 is 0 Å². The van der Waals surface area contributed by atoms with Crippen LogP contribution in [0.25, 0.3) is 11.1 Å². The maximum Gasteiger partial charge on any atom is 0.143 e. The largest absolute Gasteiger partial charge is 0.489 e. The number of nitrogens with zero attached hydrogens (tertiary/aromatic N) is 3. The van der Waals surface area contributed by atoms with Gasteiger partial charge in [-0.15, -0.1) is 18.3 Å². The zero-order valence-electron chi connectivity index (χ0n) is 15.6. The van der Waals surface area contributed by atoms with Crippen LogP contribution in [0.3, 0.4) is 0 Å². The van der Waals surface area contributed by atoms with E-state index < -0.39 is 0 Å². The molecule has 0 fully saturated rings. The lowest BCUT2D eigenvalue weighted by Gasteiger charge is -2.13. The van der Waals surface area contributed by atoms with E-state index in [-0.39, 0.29) is 11.4 Å². The third-order valence-corrected chi connectivity index (χ3v) is 5.12. The summed E-state index contributed by atoms with van der Waals surface area (Å²) in [7, 11) is 0. The molecule has 142 valence electrons. The number of benzene rings is 2. The van der Waals surface area contributed by atoms with Crippen LogP contribution in [-0.2, 0) is 6.61 Å². The van der Waals surface area contributed by atoms with E-state index in [2.05, 4.69) is 23.7 Å². The molecule has 0 saturated heterocycles. The Balaban J connectivity index is 1.95. The van der Waals surface area contributed by atoms with Gasteiger partial charge in [0.25, 0.3) is 0 Å². The molecule has 0 amide bonds. The van der Waals surface area contributed by atoms with E-state index in [1.165, 1.54) is 11.8 Å². The van der Waals surface area contributed by atoms with Crippen LogP contribution in [0.2, 0.25) is 0 Å². The third-order valence-electron chi connectivity index (χ3n) is 4.14. The molecule has 0 bridgehead atoms. The number of aromatic nitrogens is 1. The van der Waals surface area contributed by atoms with Gasteiger partial charge in [0.05, 0.1) is 5.56 Å². The normalized spacial score (nSPS) is 10.0. The van der Waals surface area contributed by atoms with Gasteiger partial charge in [-0.25, -0.2) is 4.98 Å². The monoisotopic (exact) mass is 398 g/mol. The third kappa shape index (κ3) is 4.57. The Bertz CT molecular complexity index is 1100. The van der Waals surface area contributed by atoms with Crippen molar-refractivity contribution in [2.75, 3.05) is 11.5 Å². The van der Waals surface area contributed by atoms with Gasteiger partial charge in [0.1, 0.15) is 40.9 Å². The van der Waals surface area contributed by atoms with Crippen molar-refractivity contribution >= 4 is 17.6 Å². The summed E-state index contributed by atoms with van der Waals surface area (Å²) < 4.78 is 5.81. The fourth-order valence-corrected chi connectivity index (χ4v) is 3.52. The van der Waals surface area contributed by atoms with E-state index in [0.717, 1.165) is 5.56 Å². The van der Waals surface area contributed by atoms with Crippen molar-refractivity contribution in [3.8, 4) is 29.0 Å². The van der Waals surface area contributed by atoms with Gasteiger partial charge < -0.3 is 10.5 Å². The molecule has 3 aromatic rings. The predicted octanol–water partition coefficient (Wildman–Crippen LogP) is 4.93. The van der Waals surface area contributed by atoms with E-state index in [1.807, 2.05) is 54.6 Å². The molecule has 0 aliphatic carbocycles. The molecule has 0 saturated carbocycles. The van der Waals surface area contributed by atoms with E-state index in [4.69, 9.17) is 10.5 Å². The maximum atomic E-state index is 9.73. The average molecular weight is 398 g/mol. The molecule has 0 spiro atoms. The zero-order chi connectivity index (χ0) is 20.6. The summed E-state index contributed by atoms with van der Waals surface area (Å²) in [5.74, 6) is 1.38. The van der Waals surface area contributed by atoms with Crippen LogP contribution in [0, 0.1) is 22.7 Å². The molecule has 1 heterocycles. The number of nitrogens with two attached hydrogens (primary N) is 1. The van der Waals surface area contributed by atoms with Crippen LogP contribution in [-0.4, -0.2) is 10.7 Å². The molecular formula is C23H18N4OS. The van der Waals surface area contributed by atoms with Crippen molar-refractivity contribution in [1.82, 2.24) is 4.98 Å². The number of hydrogen-bond donors (Lipinski definition) is 1. The summed E-state index contributed by atoms with van der Waals surface area (Å²) in [6, 6.07) is 21.4. The van der Waals surface area contributed by atoms with Gasteiger partial charge in [0.15, 0.2) is 0 Å². The topological polar surface area (TPSA) is 95.7 Å². The average Bonchev–Trinajstić information content (AvgIpc) is 2.76. The molecular weight excluding hydrogens is 380 g/mol. The van der Waals surface area contributed by atoms with E-state index in [9.17, 15) is 10.5 Å². The van der Waals surface area contributed by atoms with Crippen molar-refractivity contribution in [3.63, 3.8) is 0 Å². The predicted molar refractivity (Wildman–Crippen MR) is 115 cm³/mol. The Morgan fingerprint density at radius 1 is 1.03 bits per heavy atom. The smallest absolute Gasteiger partial charge is 0.143 e. The quantitative estimate of drug-likeness (QED) is 0.448. The van der Waals surface area contributed by atoms with Crippen molar-refractivity contribution in [3.05, 3.63) is 83.9 Å². The molecule has 2 aromatic carbocycles. The van der Waals surface area contributed by atoms with Crippen LogP contribution in [0.5, 0.6) is 5.75 Å². The highest BCUT2D eigenvalue weighted by atomic mass is 32.2. The lowest BCUT2D eigenvalue weighted by molar-refractivity contribution is 0.306. The first-order valence-corrected chi connectivity index (χ1v) is 9.81. The van der Waals surface area contributed by atoms with Gasteiger partial charge >= 0.3 is 0 Å². The van der Waals surface area contributed by atoms with Crippen LogP contribution in [0.15, 0.2) is 72.3 Å². The SMILES string of the molecule is C=CCSc1nc(N)c(C#N)c(-c2ccc(OCc3ccccc3)cc2)c1C#N. The Labute approximate surface area is 174 Å². The fourth-order valence-electron chi connectivity index (χ4n) is 2.79. The number of hydrogen-bond acceptors (Lipinski definition) is 6. The minimum Gasteiger partial charge on any atom is -0.489 e. The number of nitriles is 2. The molecule has 0 aliphatic rings. The van der Waals surface area contributed by atoms with Crippen LogP contribution in [0.4, 0.5) is 5.82 Å². The number of anilines is 1. The number of rotatable bonds is 7. The highest BCUT2D eigenvalue weighted by Gasteiger charge is 2.20. The summed E-state index contributed by atoms with van der Waals surface area (Å²) in [6.45, 7) is 4.14. The first-order valence-electron chi connectivity index (χ1n) is 8.82. The van der Waals surface area contributed by atoms with Gasteiger partial charge in [0.2, 0.25) is 0 Å².